The van der Waals surface area contributed by atoms with Crippen LogP contribution in [0.4, 0.5) is 0 Å². The molecule has 1 heterocycles. The number of aliphatic hydroxyl groups is 1. The molecule has 1 N–H and O–H groups in total. The van der Waals surface area contributed by atoms with Gasteiger partial charge >= 0.3 is 5.97 Å². The van der Waals surface area contributed by atoms with Crippen LogP contribution in [0.25, 0.3) is 0 Å². The van der Waals surface area contributed by atoms with Crippen LogP contribution in [-0.2, 0) is 15.1 Å². The van der Waals surface area contributed by atoms with E-state index in [1.165, 1.54) is 6.42 Å². The molecule has 0 spiro atoms. The average molecular weight is 397 g/mol. The number of piperazine rings is 1. The van der Waals surface area contributed by atoms with Crippen molar-refractivity contribution in [2.75, 3.05) is 39.3 Å². The molecule has 5 heteroatoms. The fraction of sp³-hybridized carbons (Fsp3) is 0.458. The summed E-state index contributed by atoms with van der Waals surface area (Å²) in [5.41, 5.74) is -0.786. The van der Waals surface area contributed by atoms with Gasteiger partial charge < -0.3 is 9.84 Å². The molecule has 1 fully saturated rings. The van der Waals surface area contributed by atoms with Gasteiger partial charge in [-0.1, -0.05) is 67.6 Å². The first-order valence-electron chi connectivity index (χ1n) is 10.5. The minimum atomic E-state index is -1.81. The first-order valence-corrected chi connectivity index (χ1v) is 10.5. The third kappa shape index (κ3) is 5.04. The number of hydrogen-bond acceptors (Lipinski definition) is 5. The van der Waals surface area contributed by atoms with Crippen molar-refractivity contribution in [2.45, 2.75) is 31.9 Å². The smallest absolute Gasteiger partial charge is 0.347 e. The minimum Gasteiger partial charge on any atom is -0.462 e. The Morgan fingerprint density at radius 1 is 1.03 bits per heavy atom. The molecule has 2 aromatic carbocycles. The summed E-state index contributed by atoms with van der Waals surface area (Å²) in [4.78, 5) is 17.8. The fourth-order valence-electron chi connectivity index (χ4n) is 4.03. The number of esters is 1. The highest BCUT2D eigenvalue weighted by Gasteiger charge is 2.41. The molecule has 0 saturated carbocycles. The van der Waals surface area contributed by atoms with Crippen molar-refractivity contribution in [2.24, 2.45) is 0 Å². The van der Waals surface area contributed by atoms with E-state index in [1.54, 1.807) is 24.3 Å². The maximum absolute atomic E-state index is 13.0. The van der Waals surface area contributed by atoms with E-state index in [9.17, 15) is 9.90 Å². The molecule has 1 saturated heterocycles. The van der Waals surface area contributed by atoms with Crippen molar-refractivity contribution < 1.29 is 14.6 Å². The van der Waals surface area contributed by atoms with Crippen LogP contribution in [0.3, 0.4) is 0 Å². The summed E-state index contributed by atoms with van der Waals surface area (Å²) in [5, 5.41) is 11.4. The van der Waals surface area contributed by atoms with Gasteiger partial charge in [-0.3, -0.25) is 9.80 Å². The Morgan fingerprint density at radius 3 is 2.14 bits per heavy atom. The lowest BCUT2D eigenvalue weighted by molar-refractivity contribution is -0.162. The predicted octanol–water partition coefficient (Wildman–Crippen LogP) is 2.88. The van der Waals surface area contributed by atoms with Crippen LogP contribution in [0.15, 0.2) is 60.7 Å². The van der Waals surface area contributed by atoms with E-state index in [1.807, 2.05) is 36.4 Å². The third-order valence-corrected chi connectivity index (χ3v) is 5.68. The van der Waals surface area contributed by atoms with Gasteiger partial charge in [0.2, 0.25) is 5.60 Å². The standard InChI is InChI=1S/C24H32N2O3/c1-3-14-26-16-15-25(19-20(26)2)17-18-29-23(27)24(28,21-10-6-4-7-11-21)22-12-8-5-9-13-22/h4-13,20,28H,3,14-19H2,1-2H3. The SMILES string of the molecule is CCCN1CCN(CCOC(=O)C(O)(c2ccccc2)c2ccccc2)CC1C. The maximum Gasteiger partial charge on any atom is 0.347 e. The molecule has 156 valence electrons. The quantitative estimate of drug-likeness (QED) is 0.696. The summed E-state index contributed by atoms with van der Waals surface area (Å²) in [6.45, 7) is 9.52. The molecule has 1 unspecified atom stereocenters. The first kappa shape index (κ1) is 21.5. The number of ether oxygens (including phenoxy) is 1. The van der Waals surface area contributed by atoms with Gasteiger partial charge in [-0.05, 0) is 31.0 Å². The second kappa shape index (κ2) is 10.0. The number of benzene rings is 2. The fourth-order valence-corrected chi connectivity index (χ4v) is 4.03. The summed E-state index contributed by atoms with van der Waals surface area (Å²) < 4.78 is 5.58. The van der Waals surface area contributed by atoms with E-state index in [0.717, 1.165) is 26.2 Å². The van der Waals surface area contributed by atoms with Gasteiger partial charge in [-0.15, -0.1) is 0 Å². The molecule has 1 atom stereocenters. The predicted molar refractivity (Wildman–Crippen MR) is 115 cm³/mol. The van der Waals surface area contributed by atoms with Crippen LogP contribution in [0, 0.1) is 0 Å². The summed E-state index contributed by atoms with van der Waals surface area (Å²) >= 11 is 0. The van der Waals surface area contributed by atoms with Crippen LogP contribution in [0.2, 0.25) is 0 Å². The van der Waals surface area contributed by atoms with E-state index >= 15 is 0 Å². The lowest BCUT2D eigenvalue weighted by Crippen LogP contribution is -2.52. The zero-order valence-electron chi connectivity index (χ0n) is 17.5. The van der Waals surface area contributed by atoms with Gasteiger partial charge in [-0.2, -0.15) is 0 Å². The van der Waals surface area contributed by atoms with Crippen molar-refractivity contribution in [3.8, 4) is 0 Å². The number of carbonyl (C=O) groups is 1. The summed E-state index contributed by atoms with van der Waals surface area (Å²) in [7, 11) is 0. The van der Waals surface area contributed by atoms with Crippen molar-refractivity contribution in [3.63, 3.8) is 0 Å². The maximum atomic E-state index is 13.0. The van der Waals surface area contributed by atoms with Gasteiger partial charge in [0, 0.05) is 32.2 Å². The summed E-state index contributed by atoms with van der Waals surface area (Å²) in [6, 6.07) is 18.5. The minimum absolute atomic E-state index is 0.265. The average Bonchev–Trinajstić information content (AvgIpc) is 2.76. The van der Waals surface area contributed by atoms with Gasteiger partial charge in [0.25, 0.3) is 0 Å². The Balaban J connectivity index is 1.63. The molecule has 2 aromatic rings. The molecular formula is C24H32N2O3. The molecule has 0 aliphatic carbocycles. The van der Waals surface area contributed by atoms with Crippen LogP contribution in [0.5, 0.6) is 0 Å². The van der Waals surface area contributed by atoms with E-state index in [4.69, 9.17) is 4.74 Å². The third-order valence-electron chi connectivity index (χ3n) is 5.68. The second-order valence-electron chi connectivity index (χ2n) is 7.76. The number of hydrogen-bond donors (Lipinski definition) is 1. The monoisotopic (exact) mass is 396 g/mol. The lowest BCUT2D eigenvalue weighted by atomic mass is 9.86. The van der Waals surface area contributed by atoms with Gasteiger partial charge in [0.1, 0.15) is 6.61 Å². The second-order valence-corrected chi connectivity index (χ2v) is 7.76. The van der Waals surface area contributed by atoms with Crippen LogP contribution < -0.4 is 0 Å². The Hall–Kier alpha value is -2.21. The molecule has 3 rings (SSSR count). The summed E-state index contributed by atoms with van der Waals surface area (Å²) in [5.74, 6) is -0.632. The van der Waals surface area contributed by atoms with E-state index < -0.39 is 11.6 Å². The zero-order valence-corrected chi connectivity index (χ0v) is 17.5. The molecule has 1 aliphatic rings. The van der Waals surface area contributed by atoms with Gasteiger partial charge in [-0.25, -0.2) is 4.79 Å². The topological polar surface area (TPSA) is 53.0 Å². The molecule has 0 bridgehead atoms. The Bertz CT molecular complexity index is 727. The Kier molecular flexibility index (Phi) is 7.42. The molecule has 0 radical (unpaired) electrons. The van der Waals surface area contributed by atoms with Crippen LogP contribution in [-0.4, -0.2) is 66.2 Å². The number of carbonyl (C=O) groups excluding carboxylic acids is 1. The van der Waals surface area contributed by atoms with Crippen molar-refractivity contribution >= 4 is 5.97 Å². The van der Waals surface area contributed by atoms with E-state index in [-0.39, 0.29) is 6.61 Å². The van der Waals surface area contributed by atoms with Crippen molar-refractivity contribution in [1.29, 1.82) is 0 Å². The van der Waals surface area contributed by atoms with E-state index in [2.05, 4.69) is 23.6 Å². The number of rotatable bonds is 8. The highest BCUT2D eigenvalue weighted by Crippen LogP contribution is 2.31. The van der Waals surface area contributed by atoms with E-state index in [0.29, 0.717) is 23.7 Å². The van der Waals surface area contributed by atoms with Gasteiger partial charge in [0.05, 0.1) is 0 Å². The highest BCUT2D eigenvalue weighted by atomic mass is 16.5. The Morgan fingerprint density at radius 2 is 1.62 bits per heavy atom. The van der Waals surface area contributed by atoms with Crippen molar-refractivity contribution in [1.82, 2.24) is 9.80 Å². The van der Waals surface area contributed by atoms with Crippen molar-refractivity contribution in [3.05, 3.63) is 71.8 Å². The molecule has 5 nitrogen and oxygen atoms in total. The molecule has 0 amide bonds. The molecule has 0 aromatic heterocycles. The molecular weight excluding hydrogens is 364 g/mol. The Labute approximate surface area is 173 Å². The summed E-state index contributed by atoms with van der Waals surface area (Å²) in [6.07, 6.45) is 1.17. The highest BCUT2D eigenvalue weighted by molar-refractivity contribution is 5.85. The molecule has 29 heavy (non-hydrogen) atoms. The zero-order chi connectivity index (χ0) is 20.7. The first-order chi connectivity index (χ1) is 14.1. The van der Waals surface area contributed by atoms with Crippen LogP contribution in [0.1, 0.15) is 31.4 Å². The largest absolute Gasteiger partial charge is 0.462 e. The molecule has 1 aliphatic heterocycles. The normalized spacial score (nSPS) is 18.5. The number of nitrogens with zero attached hydrogens (tertiary/aromatic N) is 2. The van der Waals surface area contributed by atoms with Gasteiger partial charge in [0.15, 0.2) is 0 Å². The van der Waals surface area contributed by atoms with Crippen LogP contribution >= 0.6 is 0 Å². The lowest BCUT2D eigenvalue weighted by Gasteiger charge is -2.39.